The van der Waals surface area contributed by atoms with E-state index in [1.807, 2.05) is 0 Å². The van der Waals surface area contributed by atoms with Crippen LogP contribution in [-0.2, 0) is 4.79 Å². The van der Waals surface area contributed by atoms with E-state index < -0.39 is 0 Å². The zero-order valence-corrected chi connectivity index (χ0v) is 16.9. The standard InChI is InChI=1S/C22H34N4O/c1-16-22(15-25(16)3,14-21(27)23-2)26-11-9-18(10-12-26)24-20-13-19(20)17-7-5-4-6-8-17/h4-8,16,18-20,24H,9-15H2,1-3H3,(H,23,27)/t16?,19-,20+,22?/m0/s1. The van der Waals surface area contributed by atoms with Crippen LogP contribution < -0.4 is 10.6 Å². The molecule has 1 aliphatic carbocycles. The molecule has 3 fully saturated rings. The molecule has 4 atom stereocenters. The molecule has 1 amide bonds. The van der Waals surface area contributed by atoms with E-state index in [1.54, 1.807) is 7.05 Å². The Kier molecular flexibility index (Phi) is 5.28. The fourth-order valence-corrected chi connectivity index (χ4v) is 5.29. The number of piperidine rings is 1. The summed E-state index contributed by atoms with van der Waals surface area (Å²) in [6, 6.07) is 12.6. The number of benzene rings is 1. The Hall–Kier alpha value is -1.43. The maximum absolute atomic E-state index is 12.1. The number of nitrogens with one attached hydrogen (secondary N) is 2. The summed E-state index contributed by atoms with van der Waals surface area (Å²) >= 11 is 0. The molecule has 0 radical (unpaired) electrons. The third kappa shape index (κ3) is 3.65. The Balaban J connectivity index is 1.30. The van der Waals surface area contributed by atoms with Crippen molar-refractivity contribution in [2.24, 2.45) is 0 Å². The molecule has 27 heavy (non-hydrogen) atoms. The fourth-order valence-electron chi connectivity index (χ4n) is 5.29. The van der Waals surface area contributed by atoms with Crippen molar-refractivity contribution in [1.29, 1.82) is 0 Å². The zero-order chi connectivity index (χ0) is 19.0. The first-order valence-electron chi connectivity index (χ1n) is 10.5. The molecule has 0 bridgehead atoms. The van der Waals surface area contributed by atoms with Crippen LogP contribution in [0.3, 0.4) is 0 Å². The minimum Gasteiger partial charge on any atom is -0.359 e. The van der Waals surface area contributed by atoms with E-state index in [0.717, 1.165) is 19.6 Å². The van der Waals surface area contributed by atoms with Crippen LogP contribution in [0.5, 0.6) is 0 Å². The van der Waals surface area contributed by atoms with E-state index in [2.05, 4.69) is 64.7 Å². The first-order valence-corrected chi connectivity index (χ1v) is 10.5. The topological polar surface area (TPSA) is 47.6 Å². The van der Waals surface area contributed by atoms with Crippen LogP contribution in [0.2, 0.25) is 0 Å². The van der Waals surface area contributed by atoms with E-state index in [9.17, 15) is 4.79 Å². The predicted octanol–water partition coefficient (Wildman–Crippen LogP) is 1.81. The van der Waals surface area contributed by atoms with Gasteiger partial charge in [0.2, 0.25) is 5.91 Å². The lowest BCUT2D eigenvalue weighted by Crippen LogP contribution is -2.76. The number of hydrogen-bond donors (Lipinski definition) is 2. The molecule has 5 nitrogen and oxygen atoms in total. The summed E-state index contributed by atoms with van der Waals surface area (Å²) in [4.78, 5) is 17.1. The molecule has 0 spiro atoms. The summed E-state index contributed by atoms with van der Waals surface area (Å²) in [6.07, 6.45) is 4.26. The Morgan fingerprint density at radius 1 is 1.22 bits per heavy atom. The summed E-state index contributed by atoms with van der Waals surface area (Å²) < 4.78 is 0. The van der Waals surface area contributed by atoms with Gasteiger partial charge in [-0.25, -0.2) is 0 Å². The van der Waals surface area contributed by atoms with Crippen molar-refractivity contribution in [1.82, 2.24) is 20.4 Å². The van der Waals surface area contributed by atoms with Gasteiger partial charge in [0.1, 0.15) is 0 Å². The van der Waals surface area contributed by atoms with Crippen LogP contribution in [0.1, 0.15) is 44.1 Å². The number of likely N-dealkylation sites (tertiary alicyclic amines) is 2. The number of likely N-dealkylation sites (N-methyl/N-ethyl adjacent to an activating group) is 1. The second-order valence-electron chi connectivity index (χ2n) is 8.83. The van der Waals surface area contributed by atoms with Crippen molar-refractivity contribution in [2.75, 3.05) is 33.7 Å². The van der Waals surface area contributed by atoms with E-state index in [0.29, 0.717) is 30.5 Å². The lowest BCUT2D eigenvalue weighted by Gasteiger charge is -2.61. The number of carbonyl (C=O) groups excluding carboxylic acids is 1. The van der Waals surface area contributed by atoms with Gasteiger partial charge in [0.05, 0.1) is 5.54 Å². The van der Waals surface area contributed by atoms with Crippen LogP contribution in [0.15, 0.2) is 30.3 Å². The first kappa shape index (κ1) is 18.9. The number of rotatable bonds is 6. The highest BCUT2D eigenvalue weighted by molar-refractivity contribution is 5.77. The Bertz CT molecular complexity index is 658. The molecular weight excluding hydrogens is 336 g/mol. The number of hydrogen-bond acceptors (Lipinski definition) is 4. The third-order valence-electron chi connectivity index (χ3n) is 7.30. The van der Waals surface area contributed by atoms with E-state index in [-0.39, 0.29) is 11.4 Å². The monoisotopic (exact) mass is 370 g/mol. The van der Waals surface area contributed by atoms with Gasteiger partial charge in [-0.15, -0.1) is 0 Å². The third-order valence-corrected chi connectivity index (χ3v) is 7.30. The summed E-state index contributed by atoms with van der Waals surface area (Å²) in [5.74, 6) is 0.864. The van der Waals surface area contributed by atoms with Gasteiger partial charge < -0.3 is 10.6 Å². The first-order chi connectivity index (χ1) is 13.0. The quantitative estimate of drug-likeness (QED) is 0.802. The summed E-state index contributed by atoms with van der Waals surface area (Å²) in [5, 5.41) is 6.74. The predicted molar refractivity (Wildman–Crippen MR) is 109 cm³/mol. The van der Waals surface area contributed by atoms with Gasteiger partial charge in [-0.3, -0.25) is 14.6 Å². The fraction of sp³-hybridized carbons (Fsp3) is 0.682. The van der Waals surface area contributed by atoms with Crippen LogP contribution in [0.4, 0.5) is 0 Å². The van der Waals surface area contributed by atoms with E-state index in [1.165, 1.54) is 24.8 Å². The highest BCUT2D eigenvalue weighted by Gasteiger charge is 2.53. The van der Waals surface area contributed by atoms with Crippen LogP contribution in [0.25, 0.3) is 0 Å². The average Bonchev–Trinajstić information content (AvgIpc) is 3.47. The lowest BCUT2D eigenvalue weighted by atomic mass is 9.75. The largest absolute Gasteiger partial charge is 0.359 e. The molecule has 148 valence electrons. The molecule has 4 rings (SSSR count). The van der Waals surface area contributed by atoms with Gasteiger partial charge >= 0.3 is 0 Å². The van der Waals surface area contributed by atoms with Crippen molar-refractivity contribution < 1.29 is 4.79 Å². The second kappa shape index (κ2) is 7.53. The molecule has 2 aliphatic heterocycles. The van der Waals surface area contributed by atoms with Crippen LogP contribution in [-0.4, -0.2) is 73.1 Å². The smallest absolute Gasteiger partial charge is 0.221 e. The van der Waals surface area contributed by atoms with Crippen molar-refractivity contribution >= 4 is 5.91 Å². The molecule has 2 saturated heterocycles. The van der Waals surface area contributed by atoms with E-state index in [4.69, 9.17) is 0 Å². The van der Waals surface area contributed by atoms with Crippen molar-refractivity contribution in [3.8, 4) is 0 Å². The Morgan fingerprint density at radius 3 is 2.52 bits per heavy atom. The van der Waals surface area contributed by atoms with Gasteiger partial charge in [0, 0.05) is 57.1 Å². The van der Waals surface area contributed by atoms with Gasteiger partial charge in [-0.1, -0.05) is 30.3 Å². The SMILES string of the molecule is CNC(=O)CC1(N2CCC(N[C@@H]3C[C@H]3c3ccccc3)CC2)CN(C)C1C. The minimum atomic E-state index is 0.0198. The van der Waals surface area contributed by atoms with Crippen LogP contribution >= 0.6 is 0 Å². The van der Waals surface area contributed by atoms with Crippen molar-refractivity contribution in [3.05, 3.63) is 35.9 Å². The molecule has 2 heterocycles. The molecule has 1 aromatic rings. The molecule has 1 saturated carbocycles. The molecule has 3 aliphatic rings. The van der Waals surface area contributed by atoms with E-state index >= 15 is 0 Å². The van der Waals surface area contributed by atoms with Gasteiger partial charge in [0.15, 0.2) is 0 Å². The lowest BCUT2D eigenvalue weighted by molar-refractivity contribution is -0.138. The van der Waals surface area contributed by atoms with Crippen molar-refractivity contribution in [3.63, 3.8) is 0 Å². The molecule has 5 heteroatoms. The molecule has 2 unspecified atom stereocenters. The second-order valence-corrected chi connectivity index (χ2v) is 8.83. The minimum absolute atomic E-state index is 0.0198. The zero-order valence-electron chi connectivity index (χ0n) is 16.9. The summed E-state index contributed by atoms with van der Waals surface area (Å²) in [5.41, 5.74) is 1.50. The number of amides is 1. The maximum atomic E-state index is 12.1. The molecular formula is C22H34N4O. The average molecular weight is 371 g/mol. The molecule has 1 aromatic carbocycles. The highest BCUT2D eigenvalue weighted by atomic mass is 16.1. The van der Waals surface area contributed by atoms with Crippen molar-refractivity contribution in [2.45, 2.75) is 62.2 Å². The summed E-state index contributed by atoms with van der Waals surface area (Å²) in [6.45, 7) is 5.45. The Labute approximate surface area is 163 Å². The molecule has 2 N–H and O–H groups in total. The number of nitrogens with zero attached hydrogens (tertiary/aromatic N) is 2. The van der Waals surface area contributed by atoms with Crippen LogP contribution in [0, 0.1) is 0 Å². The Morgan fingerprint density at radius 2 is 1.93 bits per heavy atom. The summed E-state index contributed by atoms with van der Waals surface area (Å²) in [7, 11) is 3.91. The van der Waals surface area contributed by atoms with Gasteiger partial charge in [0.25, 0.3) is 0 Å². The molecule has 0 aromatic heterocycles. The highest BCUT2D eigenvalue weighted by Crippen LogP contribution is 2.42. The number of carbonyl (C=O) groups is 1. The van der Waals surface area contributed by atoms with Gasteiger partial charge in [-0.05, 0) is 38.8 Å². The maximum Gasteiger partial charge on any atom is 0.221 e. The van der Waals surface area contributed by atoms with Gasteiger partial charge in [-0.2, -0.15) is 0 Å². The normalized spacial score (nSPS) is 34.9.